The SMILES string of the molecule is Cc1nc(C#N)c(N2CCN(c3ncnc4c3c(-c3ccccc3)cn4-c3ccccc3F)CC2)o1. The topological polar surface area (TPSA) is 87.0 Å². The molecule has 4 heterocycles. The number of aromatic nitrogens is 4. The standard InChI is InChI=1S/C27H22FN7O/c1-18-32-22(15-29)27(36-18)34-13-11-33(12-14-34)25-24-20(19-7-3-2-4-8-19)16-35(26(24)31-17-30-25)23-10-6-5-9-21(23)28/h2-10,16-17H,11-14H2,1H3. The minimum absolute atomic E-state index is 0.304. The van der Waals surface area contributed by atoms with Gasteiger partial charge in [0.2, 0.25) is 11.6 Å². The fourth-order valence-electron chi connectivity index (χ4n) is 4.78. The summed E-state index contributed by atoms with van der Waals surface area (Å²) in [7, 11) is 0. The van der Waals surface area contributed by atoms with Gasteiger partial charge in [0.15, 0.2) is 11.5 Å². The summed E-state index contributed by atoms with van der Waals surface area (Å²) in [5.41, 5.74) is 3.32. The van der Waals surface area contributed by atoms with E-state index in [0.717, 1.165) is 22.3 Å². The summed E-state index contributed by atoms with van der Waals surface area (Å²) in [6.07, 6.45) is 3.47. The Labute approximate surface area is 206 Å². The number of piperazine rings is 1. The molecule has 1 saturated heterocycles. The first kappa shape index (κ1) is 21.8. The number of nitriles is 1. The lowest BCUT2D eigenvalue weighted by Gasteiger charge is -2.35. The van der Waals surface area contributed by atoms with E-state index in [1.54, 1.807) is 23.6 Å². The minimum atomic E-state index is -0.321. The van der Waals surface area contributed by atoms with Crippen LogP contribution in [-0.2, 0) is 0 Å². The highest BCUT2D eigenvalue weighted by Gasteiger charge is 2.27. The molecule has 6 rings (SSSR count). The molecule has 1 fully saturated rings. The van der Waals surface area contributed by atoms with Crippen molar-refractivity contribution >= 4 is 22.7 Å². The van der Waals surface area contributed by atoms with E-state index >= 15 is 0 Å². The van der Waals surface area contributed by atoms with Crippen LogP contribution in [0.1, 0.15) is 11.6 Å². The summed E-state index contributed by atoms with van der Waals surface area (Å²) in [5.74, 6) is 1.46. The number of nitrogens with zero attached hydrogens (tertiary/aromatic N) is 7. The van der Waals surface area contributed by atoms with Crippen molar-refractivity contribution in [3.8, 4) is 22.9 Å². The predicted octanol–water partition coefficient (Wildman–Crippen LogP) is 4.72. The van der Waals surface area contributed by atoms with Crippen molar-refractivity contribution in [1.82, 2.24) is 19.5 Å². The fourth-order valence-corrected chi connectivity index (χ4v) is 4.78. The van der Waals surface area contributed by atoms with Gasteiger partial charge in [0.1, 0.15) is 24.0 Å². The molecule has 0 N–H and O–H groups in total. The van der Waals surface area contributed by atoms with Gasteiger partial charge >= 0.3 is 0 Å². The van der Waals surface area contributed by atoms with Gasteiger partial charge < -0.3 is 14.2 Å². The Bertz CT molecular complexity index is 1590. The van der Waals surface area contributed by atoms with Gasteiger partial charge in [-0.1, -0.05) is 42.5 Å². The van der Waals surface area contributed by atoms with Crippen LogP contribution in [0.5, 0.6) is 0 Å². The van der Waals surface area contributed by atoms with Crippen molar-refractivity contribution in [3.05, 3.63) is 84.5 Å². The predicted molar refractivity (Wildman–Crippen MR) is 135 cm³/mol. The van der Waals surface area contributed by atoms with Crippen LogP contribution in [0.25, 0.3) is 27.8 Å². The zero-order valence-corrected chi connectivity index (χ0v) is 19.6. The van der Waals surface area contributed by atoms with Crippen molar-refractivity contribution in [2.75, 3.05) is 36.0 Å². The highest BCUT2D eigenvalue weighted by atomic mass is 19.1. The molecule has 1 aliphatic heterocycles. The molecule has 2 aromatic carbocycles. The van der Waals surface area contributed by atoms with Crippen LogP contribution in [0, 0.1) is 24.1 Å². The summed E-state index contributed by atoms with van der Waals surface area (Å²) in [6.45, 7) is 4.35. The molecule has 9 heteroatoms. The number of rotatable bonds is 4. The molecule has 1 aliphatic rings. The Morgan fingerprint density at radius 3 is 2.42 bits per heavy atom. The second-order valence-electron chi connectivity index (χ2n) is 8.60. The first-order valence-electron chi connectivity index (χ1n) is 11.7. The van der Waals surface area contributed by atoms with Crippen LogP contribution in [0.2, 0.25) is 0 Å². The van der Waals surface area contributed by atoms with Gasteiger partial charge in [0.25, 0.3) is 0 Å². The molecule has 0 unspecified atom stereocenters. The molecule has 0 bridgehead atoms. The number of para-hydroxylation sites is 1. The van der Waals surface area contributed by atoms with E-state index in [0.29, 0.717) is 55.0 Å². The maximum atomic E-state index is 14.8. The molecule has 0 spiro atoms. The Hall–Kier alpha value is -4.71. The molecule has 0 amide bonds. The van der Waals surface area contributed by atoms with E-state index < -0.39 is 0 Å². The van der Waals surface area contributed by atoms with Gasteiger partial charge in [0.05, 0.1) is 11.1 Å². The lowest BCUT2D eigenvalue weighted by molar-refractivity contribution is 0.495. The Kier molecular flexibility index (Phi) is 5.34. The molecule has 0 atom stereocenters. The number of aryl methyl sites for hydroxylation is 1. The molecule has 0 aliphatic carbocycles. The molecule has 8 nitrogen and oxygen atoms in total. The highest BCUT2D eigenvalue weighted by Crippen LogP contribution is 2.37. The number of halogens is 1. The van der Waals surface area contributed by atoms with Crippen LogP contribution >= 0.6 is 0 Å². The Morgan fingerprint density at radius 2 is 1.67 bits per heavy atom. The van der Waals surface area contributed by atoms with Gasteiger partial charge in [-0.25, -0.2) is 19.3 Å². The van der Waals surface area contributed by atoms with Gasteiger partial charge in [0, 0.05) is 44.9 Å². The van der Waals surface area contributed by atoms with E-state index in [-0.39, 0.29) is 5.82 Å². The van der Waals surface area contributed by atoms with E-state index in [1.807, 2.05) is 47.5 Å². The molecule has 0 radical (unpaired) electrons. The van der Waals surface area contributed by atoms with Crippen LogP contribution in [0.4, 0.5) is 16.1 Å². The van der Waals surface area contributed by atoms with E-state index in [1.165, 1.54) is 12.4 Å². The molecule has 178 valence electrons. The first-order valence-corrected chi connectivity index (χ1v) is 11.7. The summed E-state index contributed by atoms with van der Waals surface area (Å²) in [5, 5.41) is 10.3. The summed E-state index contributed by atoms with van der Waals surface area (Å²) in [4.78, 5) is 17.7. The number of fused-ring (bicyclic) bond motifs is 1. The number of anilines is 2. The van der Waals surface area contributed by atoms with Crippen molar-refractivity contribution in [1.29, 1.82) is 5.26 Å². The fraction of sp³-hybridized carbons (Fsp3) is 0.185. The van der Waals surface area contributed by atoms with Gasteiger partial charge in [-0.3, -0.25) is 4.57 Å². The third-order valence-electron chi connectivity index (χ3n) is 6.45. The third-order valence-corrected chi connectivity index (χ3v) is 6.45. The first-order chi connectivity index (χ1) is 17.6. The largest absolute Gasteiger partial charge is 0.424 e. The number of hydrogen-bond acceptors (Lipinski definition) is 7. The third kappa shape index (κ3) is 3.64. The molecule has 0 saturated carbocycles. The second-order valence-corrected chi connectivity index (χ2v) is 8.60. The quantitative estimate of drug-likeness (QED) is 0.369. The van der Waals surface area contributed by atoms with E-state index in [4.69, 9.17) is 4.42 Å². The molecule has 5 aromatic rings. The number of oxazole rings is 1. The van der Waals surface area contributed by atoms with E-state index in [9.17, 15) is 9.65 Å². The van der Waals surface area contributed by atoms with E-state index in [2.05, 4.69) is 25.9 Å². The van der Waals surface area contributed by atoms with Crippen molar-refractivity contribution in [3.63, 3.8) is 0 Å². The maximum absolute atomic E-state index is 14.8. The van der Waals surface area contributed by atoms with Crippen LogP contribution in [-0.4, -0.2) is 45.7 Å². The van der Waals surface area contributed by atoms with Crippen molar-refractivity contribution < 1.29 is 8.81 Å². The van der Waals surface area contributed by atoms with Gasteiger partial charge in [-0.2, -0.15) is 5.26 Å². The Balaban J connectivity index is 1.43. The summed E-state index contributed by atoms with van der Waals surface area (Å²) >= 11 is 0. The monoisotopic (exact) mass is 479 g/mol. The normalized spacial score (nSPS) is 13.8. The Morgan fingerprint density at radius 1 is 0.944 bits per heavy atom. The smallest absolute Gasteiger partial charge is 0.234 e. The summed E-state index contributed by atoms with van der Waals surface area (Å²) in [6, 6.07) is 18.8. The number of benzene rings is 2. The highest BCUT2D eigenvalue weighted by molar-refractivity contribution is 6.02. The van der Waals surface area contributed by atoms with Gasteiger partial charge in [-0.15, -0.1) is 0 Å². The average Bonchev–Trinajstić information content (AvgIpc) is 3.50. The van der Waals surface area contributed by atoms with Crippen LogP contribution in [0.3, 0.4) is 0 Å². The van der Waals surface area contributed by atoms with Crippen LogP contribution < -0.4 is 9.80 Å². The lowest BCUT2D eigenvalue weighted by atomic mass is 10.1. The maximum Gasteiger partial charge on any atom is 0.234 e. The minimum Gasteiger partial charge on any atom is -0.424 e. The number of hydrogen-bond donors (Lipinski definition) is 0. The second kappa shape index (κ2) is 8.82. The zero-order chi connectivity index (χ0) is 24.6. The average molecular weight is 480 g/mol. The lowest BCUT2D eigenvalue weighted by Crippen LogP contribution is -2.47. The molecular weight excluding hydrogens is 457 g/mol. The summed E-state index contributed by atoms with van der Waals surface area (Å²) < 4.78 is 22.3. The molecule has 3 aromatic heterocycles. The molecular formula is C27H22FN7O. The van der Waals surface area contributed by atoms with Crippen LogP contribution in [0.15, 0.2) is 71.5 Å². The van der Waals surface area contributed by atoms with Gasteiger partial charge in [-0.05, 0) is 17.7 Å². The molecule has 36 heavy (non-hydrogen) atoms. The van der Waals surface area contributed by atoms with Crippen molar-refractivity contribution in [2.24, 2.45) is 0 Å². The zero-order valence-electron chi connectivity index (χ0n) is 19.6. The van der Waals surface area contributed by atoms with Crippen molar-refractivity contribution in [2.45, 2.75) is 6.92 Å².